The molecule has 0 aliphatic carbocycles. The average Bonchev–Trinajstić information content (AvgIpc) is 3.05. The van der Waals surface area contributed by atoms with Crippen molar-refractivity contribution in [2.75, 3.05) is 18.0 Å². The molecule has 1 saturated heterocycles. The molecule has 1 N–H and O–H groups in total. The summed E-state index contributed by atoms with van der Waals surface area (Å²) in [4.78, 5) is 14.3. The predicted octanol–water partition coefficient (Wildman–Crippen LogP) is 2.44. The van der Waals surface area contributed by atoms with Crippen LogP contribution < -0.4 is 10.2 Å². The van der Waals surface area contributed by atoms with Gasteiger partial charge in [-0.1, -0.05) is 12.1 Å². The first-order valence-corrected chi connectivity index (χ1v) is 8.00. The van der Waals surface area contributed by atoms with Gasteiger partial charge < -0.3 is 10.2 Å². The van der Waals surface area contributed by atoms with E-state index in [2.05, 4.69) is 10.4 Å². The molecule has 1 fully saturated rings. The molecule has 23 heavy (non-hydrogen) atoms. The minimum Gasteiger partial charge on any atom is -0.367 e. The van der Waals surface area contributed by atoms with Crippen molar-refractivity contribution in [3.8, 4) is 0 Å². The Kier molecular flexibility index (Phi) is 4.60. The van der Waals surface area contributed by atoms with Crippen molar-refractivity contribution in [1.29, 1.82) is 0 Å². The smallest absolute Gasteiger partial charge is 0.254 e. The van der Waals surface area contributed by atoms with Gasteiger partial charge >= 0.3 is 0 Å². The van der Waals surface area contributed by atoms with Crippen molar-refractivity contribution in [2.45, 2.75) is 32.4 Å². The first-order chi connectivity index (χ1) is 11.2. The summed E-state index contributed by atoms with van der Waals surface area (Å²) in [6, 6.07) is 6.79. The second-order valence-electron chi connectivity index (χ2n) is 5.79. The van der Waals surface area contributed by atoms with Crippen LogP contribution in [0.2, 0.25) is 0 Å². The van der Waals surface area contributed by atoms with Gasteiger partial charge in [0.05, 0.1) is 17.4 Å². The molecule has 2 heterocycles. The number of carbonyl (C=O) groups is 1. The molecule has 1 aliphatic rings. The van der Waals surface area contributed by atoms with Crippen LogP contribution in [-0.2, 0) is 6.54 Å². The van der Waals surface area contributed by atoms with E-state index in [9.17, 15) is 9.18 Å². The molecule has 1 atom stereocenters. The first-order valence-electron chi connectivity index (χ1n) is 8.00. The van der Waals surface area contributed by atoms with Crippen molar-refractivity contribution in [3.63, 3.8) is 0 Å². The Balaban J connectivity index is 1.64. The first kappa shape index (κ1) is 15.5. The van der Waals surface area contributed by atoms with Gasteiger partial charge in [-0.2, -0.15) is 5.10 Å². The molecule has 3 rings (SSSR count). The van der Waals surface area contributed by atoms with Gasteiger partial charge in [0.2, 0.25) is 0 Å². The molecule has 1 amide bonds. The fourth-order valence-corrected chi connectivity index (χ4v) is 2.94. The van der Waals surface area contributed by atoms with Crippen LogP contribution in [0.1, 0.15) is 30.1 Å². The summed E-state index contributed by atoms with van der Waals surface area (Å²) in [7, 11) is 0. The van der Waals surface area contributed by atoms with E-state index in [-0.39, 0.29) is 17.8 Å². The molecule has 1 aromatic heterocycles. The van der Waals surface area contributed by atoms with Crippen LogP contribution in [0, 0.1) is 5.82 Å². The van der Waals surface area contributed by atoms with E-state index in [1.165, 1.54) is 6.07 Å². The Morgan fingerprint density at radius 3 is 3.00 bits per heavy atom. The number of hydrogen-bond donors (Lipinski definition) is 1. The standard InChI is InChI=1S/C17H21FN4O/c1-2-22-11-13(10-19-22)17(23)20-14-6-5-9-21(12-14)16-8-4-3-7-15(16)18/h3-4,7-8,10-11,14H,2,5-6,9,12H2,1H3,(H,20,23). The lowest BCUT2D eigenvalue weighted by Crippen LogP contribution is -2.48. The lowest BCUT2D eigenvalue weighted by Gasteiger charge is -2.34. The number of aryl methyl sites for hydroxylation is 1. The van der Waals surface area contributed by atoms with E-state index in [1.54, 1.807) is 29.2 Å². The largest absolute Gasteiger partial charge is 0.367 e. The summed E-state index contributed by atoms with van der Waals surface area (Å²) in [6.45, 7) is 4.13. The summed E-state index contributed by atoms with van der Waals surface area (Å²) >= 11 is 0. The van der Waals surface area contributed by atoms with Crippen LogP contribution >= 0.6 is 0 Å². The number of para-hydroxylation sites is 1. The van der Waals surface area contributed by atoms with E-state index in [1.807, 2.05) is 17.9 Å². The normalized spacial score (nSPS) is 18.0. The second kappa shape index (κ2) is 6.81. The Labute approximate surface area is 135 Å². The molecule has 0 radical (unpaired) electrons. The van der Waals surface area contributed by atoms with Gasteiger partial charge in [0.1, 0.15) is 5.82 Å². The lowest BCUT2D eigenvalue weighted by molar-refractivity contribution is 0.0933. The number of anilines is 1. The zero-order valence-corrected chi connectivity index (χ0v) is 13.2. The summed E-state index contributed by atoms with van der Waals surface area (Å²) in [5.41, 5.74) is 1.17. The van der Waals surface area contributed by atoms with E-state index in [0.29, 0.717) is 17.8 Å². The molecule has 1 unspecified atom stereocenters. The van der Waals surface area contributed by atoms with Crippen molar-refractivity contribution < 1.29 is 9.18 Å². The fourth-order valence-electron chi connectivity index (χ4n) is 2.94. The molecular formula is C17H21FN4O. The number of aromatic nitrogens is 2. The molecule has 1 aromatic carbocycles. The molecule has 2 aromatic rings. The minimum atomic E-state index is -0.219. The Morgan fingerprint density at radius 2 is 2.26 bits per heavy atom. The number of nitrogens with zero attached hydrogens (tertiary/aromatic N) is 3. The highest BCUT2D eigenvalue weighted by Gasteiger charge is 2.23. The molecule has 1 aliphatic heterocycles. The van der Waals surface area contributed by atoms with Crippen LogP contribution in [-0.4, -0.2) is 34.8 Å². The highest BCUT2D eigenvalue weighted by molar-refractivity contribution is 5.93. The summed E-state index contributed by atoms with van der Waals surface area (Å²) in [6.07, 6.45) is 5.15. The van der Waals surface area contributed by atoms with Crippen LogP contribution in [0.25, 0.3) is 0 Å². The molecule has 122 valence electrons. The number of halogens is 1. The van der Waals surface area contributed by atoms with E-state index in [0.717, 1.165) is 25.9 Å². The van der Waals surface area contributed by atoms with Crippen molar-refractivity contribution in [2.24, 2.45) is 0 Å². The number of hydrogen-bond acceptors (Lipinski definition) is 3. The Morgan fingerprint density at radius 1 is 1.43 bits per heavy atom. The summed E-state index contributed by atoms with van der Waals surface area (Å²) in [5.74, 6) is -0.339. The second-order valence-corrected chi connectivity index (χ2v) is 5.79. The number of benzene rings is 1. The predicted molar refractivity (Wildman–Crippen MR) is 87.0 cm³/mol. The Hall–Kier alpha value is -2.37. The zero-order chi connectivity index (χ0) is 16.2. The number of nitrogens with one attached hydrogen (secondary N) is 1. The number of piperidine rings is 1. The summed E-state index contributed by atoms with van der Waals surface area (Å²) < 4.78 is 15.7. The molecular weight excluding hydrogens is 295 g/mol. The third-order valence-electron chi connectivity index (χ3n) is 4.17. The SMILES string of the molecule is CCn1cc(C(=O)NC2CCCN(c3ccccc3F)C2)cn1. The van der Waals surface area contributed by atoms with Gasteiger partial charge in [-0.3, -0.25) is 9.48 Å². The van der Waals surface area contributed by atoms with Crippen molar-refractivity contribution in [3.05, 3.63) is 48.0 Å². The maximum absolute atomic E-state index is 13.9. The van der Waals surface area contributed by atoms with Gasteiger partial charge in [0.25, 0.3) is 5.91 Å². The van der Waals surface area contributed by atoms with Gasteiger partial charge in [-0.15, -0.1) is 0 Å². The van der Waals surface area contributed by atoms with Crippen LogP contribution in [0.4, 0.5) is 10.1 Å². The maximum Gasteiger partial charge on any atom is 0.254 e. The third-order valence-corrected chi connectivity index (χ3v) is 4.17. The van der Waals surface area contributed by atoms with Gasteiger partial charge in [-0.25, -0.2) is 4.39 Å². The monoisotopic (exact) mass is 316 g/mol. The van der Waals surface area contributed by atoms with Crippen LogP contribution in [0.15, 0.2) is 36.7 Å². The quantitative estimate of drug-likeness (QED) is 0.942. The van der Waals surface area contributed by atoms with E-state index in [4.69, 9.17) is 0 Å². The van der Waals surface area contributed by atoms with Gasteiger partial charge in [0.15, 0.2) is 0 Å². The van der Waals surface area contributed by atoms with Crippen molar-refractivity contribution >= 4 is 11.6 Å². The van der Waals surface area contributed by atoms with E-state index < -0.39 is 0 Å². The zero-order valence-electron chi connectivity index (χ0n) is 13.2. The number of carbonyl (C=O) groups excluding carboxylic acids is 1. The lowest BCUT2D eigenvalue weighted by atomic mass is 10.0. The highest BCUT2D eigenvalue weighted by atomic mass is 19.1. The number of rotatable bonds is 4. The fraction of sp³-hybridized carbons (Fsp3) is 0.412. The third kappa shape index (κ3) is 3.52. The molecule has 6 heteroatoms. The Bertz CT molecular complexity index is 685. The van der Waals surface area contributed by atoms with Gasteiger partial charge in [-0.05, 0) is 31.9 Å². The van der Waals surface area contributed by atoms with Crippen LogP contribution in [0.3, 0.4) is 0 Å². The molecule has 0 bridgehead atoms. The van der Waals surface area contributed by atoms with E-state index >= 15 is 0 Å². The van der Waals surface area contributed by atoms with Crippen molar-refractivity contribution in [1.82, 2.24) is 15.1 Å². The molecule has 0 spiro atoms. The summed E-state index contributed by atoms with van der Waals surface area (Å²) in [5, 5.41) is 7.15. The highest BCUT2D eigenvalue weighted by Crippen LogP contribution is 2.23. The minimum absolute atomic E-state index is 0.0147. The molecule has 5 nitrogen and oxygen atoms in total. The average molecular weight is 316 g/mol. The topological polar surface area (TPSA) is 50.2 Å². The van der Waals surface area contributed by atoms with Crippen LogP contribution in [0.5, 0.6) is 0 Å². The maximum atomic E-state index is 13.9. The molecule has 0 saturated carbocycles. The van der Waals surface area contributed by atoms with Gasteiger partial charge in [0, 0.05) is 31.9 Å². The number of amides is 1.